The van der Waals surface area contributed by atoms with E-state index in [4.69, 9.17) is 0 Å². The fraction of sp³-hybridized carbons (Fsp3) is 0.778. The van der Waals surface area contributed by atoms with Crippen LogP contribution in [-0.4, -0.2) is 43.5 Å². The molecule has 0 heterocycles. The minimum absolute atomic E-state index is 0.0950. The van der Waals surface area contributed by atoms with Crippen LogP contribution in [0.3, 0.4) is 0 Å². The summed E-state index contributed by atoms with van der Waals surface area (Å²) in [7, 11) is -3.99. The highest BCUT2D eigenvalue weighted by Crippen LogP contribution is 2.02. The molecular weight excluding hydrogens is 264 g/mol. The molecule has 9 heteroatoms. The Morgan fingerprint density at radius 3 is 1.83 bits per heavy atom. The molecule has 0 atom stereocenters. The first-order chi connectivity index (χ1) is 8.04. The zero-order valence-corrected chi connectivity index (χ0v) is 11.8. The Kier molecular flexibility index (Phi) is 5.89. The molecule has 0 aromatic carbocycles. The highest BCUT2D eigenvalue weighted by molar-refractivity contribution is 7.88. The maximum absolute atomic E-state index is 11.5. The van der Waals surface area contributed by atoms with Crippen LogP contribution >= 0.6 is 0 Å². The molecule has 0 aliphatic carbocycles. The molecule has 0 unspecified atom stereocenters. The smallest absolute Gasteiger partial charge is 0.443 e. The monoisotopic (exact) mass is 282 g/mol. The summed E-state index contributed by atoms with van der Waals surface area (Å²) >= 11 is 0. The zero-order valence-electron chi connectivity index (χ0n) is 11.0. The number of hydrogen-bond donors (Lipinski definition) is 1. The molecule has 0 aromatic heterocycles. The molecule has 0 fully saturated rings. The van der Waals surface area contributed by atoms with Crippen LogP contribution in [0.1, 0.15) is 27.7 Å². The van der Waals surface area contributed by atoms with Crippen molar-refractivity contribution in [2.24, 2.45) is 0 Å². The van der Waals surface area contributed by atoms with Gasteiger partial charge in [-0.15, -0.1) is 4.41 Å². The van der Waals surface area contributed by atoms with Crippen molar-refractivity contribution in [1.82, 2.24) is 9.84 Å². The molecule has 0 aliphatic rings. The number of carbonyl (C=O) groups is 2. The number of carbonyl (C=O) groups excluding carboxylic acids is 2. The van der Waals surface area contributed by atoms with Crippen molar-refractivity contribution in [1.29, 1.82) is 0 Å². The molecule has 8 nitrogen and oxygen atoms in total. The highest BCUT2D eigenvalue weighted by Gasteiger charge is 2.28. The summed E-state index contributed by atoms with van der Waals surface area (Å²) < 4.78 is 32.1. The molecule has 0 saturated heterocycles. The third kappa shape index (κ3) is 6.28. The minimum Gasteiger partial charge on any atom is -0.446 e. The van der Waals surface area contributed by atoms with E-state index in [1.807, 2.05) is 0 Å². The van der Waals surface area contributed by atoms with E-state index in [9.17, 15) is 18.0 Å². The van der Waals surface area contributed by atoms with Crippen LogP contribution in [0.25, 0.3) is 0 Å². The van der Waals surface area contributed by atoms with Crippen LogP contribution in [0.4, 0.5) is 9.59 Å². The number of nitrogens with one attached hydrogen (secondary N) is 1. The van der Waals surface area contributed by atoms with E-state index in [1.54, 1.807) is 33.1 Å². The third-order valence-corrected chi connectivity index (χ3v) is 2.27. The molecule has 0 bridgehead atoms. The van der Waals surface area contributed by atoms with E-state index in [-0.39, 0.29) is 4.41 Å². The van der Waals surface area contributed by atoms with E-state index in [0.717, 1.165) is 6.26 Å². The lowest BCUT2D eigenvalue weighted by Gasteiger charge is -2.21. The predicted molar refractivity (Wildman–Crippen MR) is 63.1 cm³/mol. The van der Waals surface area contributed by atoms with Gasteiger partial charge in [-0.1, -0.05) is 0 Å². The summed E-state index contributed by atoms with van der Waals surface area (Å²) in [5.41, 5.74) is 1.80. The Morgan fingerprint density at radius 2 is 1.50 bits per heavy atom. The van der Waals surface area contributed by atoms with E-state index in [0.29, 0.717) is 0 Å². The van der Waals surface area contributed by atoms with E-state index in [1.165, 1.54) is 0 Å². The molecule has 2 amide bonds. The maximum atomic E-state index is 11.5. The van der Waals surface area contributed by atoms with Gasteiger partial charge in [0.15, 0.2) is 0 Å². The van der Waals surface area contributed by atoms with Crippen molar-refractivity contribution in [3.05, 3.63) is 0 Å². The Balaban J connectivity index is 4.82. The average Bonchev–Trinajstić information content (AvgIpc) is 2.09. The van der Waals surface area contributed by atoms with Gasteiger partial charge in [-0.05, 0) is 27.7 Å². The van der Waals surface area contributed by atoms with Gasteiger partial charge in [-0.2, -0.15) is 0 Å². The topological polar surface area (TPSA) is 102 Å². The number of rotatable bonds is 3. The normalized spacial score (nSPS) is 11.3. The van der Waals surface area contributed by atoms with Crippen LogP contribution in [0.5, 0.6) is 0 Å². The predicted octanol–water partition coefficient (Wildman–Crippen LogP) is 0.843. The lowest BCUT2D eigenvalue weighted by molar-refractivity contribution is 0.0717. The van der Waals surface area contributed by atoms with Crippen molar-refractivity contribution in [3.63, 3.8) is 0 Å². The summed E-state index contributed by atoms with van der Waals surface area (Å²) in [5.74, 6) is 0. The second kappa shape index (κ2) is 6.43. The quantitative estimate of drug-likeness (QED) is 0.770. The van der Waals surface area contributed by atoms with Crippen LogP contribution in [0, 0.1) is 0 Å². The van der Waals surface area contributed by atoms with Crippen LogP contribution in [0.2, 0.25) is 0 Å². The Bertz CT molecular complexity index is 403. The molecule has 18 heavy (non-hydrogen) atoms. The van der Waals surface area contributed by atoms with Crippen molar-refractivity contribution < 1.29 is 27.5 Å². The van der Waals surface area contributed by atoms with Crippen LogP contribution in [0.15, 0.2) is 0 Å². The van der Waals surface area contributed by atoms with Crippen molar-refractivity contribution in [2.75, 3.05) is 6.26 Å². The molecule has 0 aromatic rings. The zero-order chi connectivity index (χ0) is 14.5. The second-order valence-electron chi connectivity index (χ2n) is 4.03. The molecule has 0 rings (SSSR count). The van der Waals surface area contributed by atoms with Gasteiger partial charge >= 0.3 is 12.2 Å². The van der Waals surface area contributed by atoms with Gasteiger partial charge in [0.25, 0.3) is 10.0 Å². The Hall–Kier alpha value is -1.51. The first-order valence-corrected chi connectivity index (χ1v) is 7.07. The largest absolute Gasteiger partial charge is 0.446 e. The summed E-state index contributed by atoms with van der Waals surface area (Å²) in [6.07, 6.45) is -2.48. The van der Waals surface area contributed by atoms with Crippen molar-refractivity contribution in [2.45, 2.75) is 39.9 Å². The Labute approximate surface area is 106 Å². The molecule has 1 N–H and O–H groups in total. The van der Waals surface area contributed by atoms with Crippen molar-refractivity contribution in [3.8, 4) is 0 Å². The van der Waals surface area contributed by atoms with Gasteiger partial charge < -0.3 is 9.47 Å². The van der Waals surface area contributed by atoms with Crippen LogP contribution < -0.4 is 5.43 Å². The van der Waals surface area contributed by atoms with Gasteiger partial charge in [0.2, 0.25) is 0 Å². The molecule has 106 valence electrons. The lowest BCUT2D eigenvalue weighted by atomic mass is 10.5. The first kappa shape index (κ1) is 16.5. The fourth-order valence-electron chi connectivity index (χ4n) is 0.837. The fourth-order valence-corrected chi connectivity index (χ4v) is 1.39. The Morgan fingerprint density at radius 1 is 1.06 bits per heavy atom. The standard InChI is InChI=1S/C9H18N2O6S/c1-6(2)16-8(12)10-11(18(5,14)15)9(13)17-7(3)4/h6-7H,1-5H3,(H,10,12). The number of ether oxygens (including phenoxy) is 2. The second-order valence-corrected chi connectivity index (χ2v) is 5.86. The van der Waals surface area contributed by atoms with Gasteiger partial charge in [0.05, 0.1) is 18.5 Å². The maximum Gasteiger partial charge on any atom is 0.443 e. The number of nitrogens with zero attached hydrogens (tertiary/aromatic N) is 1. The molecular formula is C9H18N2O6S. The number of sulfonamides is 1. The van der Waals surface area contributed by atoms with Gasteiger partial charge in [0, 0.05) is 0 Å². The summed E-state index contributed by atoms with van der Waals surface area (Å²) in [6.45, 7) is 6.25. The van der Waals surface area contributed by atoms with Crippen molar-refractivity contribution >= 4 is 22.2 Å². The lowest BCUT2D eigenvalue weighted by Crippen LogP contribution is -2.50. The number of hydrogen-bond acceptors (Lipinski definition) is 6. The molecule has 0 radical (unpaired) electrons. The van der Waals surface area contributed by atoms with Crippen LogP contribution in [-0.2, 0) is 19.5 Å². The summed E-state index contributed by atoms with van der Waals surface area (Å²) in [6, 6.07) is 0. The SMILES string of the molecule is CC(C)OC(=O)NN(C(=O)OC(C)C)S(C)(=O)=O. The van der Waals surface area contributed by atoms with Gasteiger partial charge in [-0.3, -0.25) is 0 Å². The highest BCUT2D eigenvalue weighted by atomic mass is 32.2. The molecule has 0 saturated carbocycles. The van der Waals surface area contributed by atoms with E-state index >= 15 is 0 Å². The average molecular weight is 282 g/mol. The van der Waals surface area contributed by atoms with Gasteiger partial charge in [-0.25, -0.2) is 23.4 Å². The molecule has 0 aliphatic heterocycles. The number of amides is 2. The minimum atomic E-state index is -3.99. The first-order valence-electron chi connectivity index (χ1n) is 5.22. The third-order valence-electron chi connectivity index (χ3n) is 1.37. The number of hydrazine groups is 1. The van der Waals surface area contributed by atoms with Gasteiger partial charge in [0.1, 0.15) is 0 Å². The van der Waals surface area contributed by atoms with E-state index < -0.39 is 34.4 Å². The summed E-state index contributed by atoms with van der Waals surface area (Å²) in [4.78, 5) is 22.7. The van der Waals surface area contributed by atoms with E-state index in [2.05, 4.69) is 9.47 Å². The molecule has 0 spiro atoms. The summed E-state index contributed by atoms with van der Waals surface area (Å²) in [5, 5.41) is 0.